The zero-order chi connectivity index (χ0) is 10.7. The number of rotatable bonds is 4. The summed E-state index contributed by atoms with van der Waals surface area (Å²) >= 11 is 0. The molecule has 1 aliphatic heterocycles. The Labute approximate surface area is 83.2 Å². The number of amides is 2. The standard InChI is InChI=1S/C9H16N2O3/c1-3-6(2)7(10)4-11-8(12)5-14-9(11)13/h6-7H,3-5,10H2,1-2H3/t6-,7+/m0/s1. The first-order chi connectivity index (χ1) is 6.56. The summed E-state index contributed by atoms with van der Waals surface area (Å²) in [5.41, 5.74) is 5.83. The predicted molar refractivity (Wildman–Crippen MR) is 50.5 cm³/mol. The van der Waals surface area contributed by atoms with E-state index < -0.39 is 6.09 Å². The molecule has 0 aromatic heterocycles. The molecule has 0 aromatic rings. The van der Waals surface area contributed by atoms with Gasteiger partial charge < -0.3 is 10.5 Å². The van der Waals surface area contributed by atoms with Crippen molar-refractivity contribution in [1.29, 1.82) is 0 Å². The van der Waals surface area contributed by atoms with Crippen molar-refractivity contribution in [3.63, 3.8) is 0 Å². The van der Waals surface area contributed by atoms with E-state index in [0.29, 0.717) is 0 Å². The van der Waals surface area contributed by atoms with Crippen LogP contribution < -0.4 is 5.73 Å². The van der Waals surface area contributed by atoms with Gasteiger partial charge in [0.2, 0.25) is 0 Å². The van der Waals surface area contributed by atoms with E-state index in [1.807, 2.05) is 13.8 Å². The second-order valence-corrected chi connectivity index (χ2v) is 3.61. The third-order valence-electron chi connectivity index (χ3n) is 2.61. The maximum Gasteiger partial charge on any atom is 0.417 e. The van der Waals surface area contributed by atoms with Crippen LogP contribution in [0.2, 0.25) is 0 Å². The van der Waals surface area contributed by atoms with E-state index in [9.17, 15) is 9.59 Å². The normalized spacial score (nSPS) is 20.9. The lowest BCUT2D eigenvalue weighted by atomic mass is 10.00. The zero-order valence-electron chi connectivity index (χ0n) is 8.53. The maximum atomic E-state index is 11.2. The Bertz CT molecular complexity index is 226. The third kappa shape index (κ3) is 2.23. The zero-order valence-corrected chi connectivity index (χ0v) is 8.53. The second-order valence-electron chi connectivity index (χ2n) is 3.61. The summed E-state index contributed by atoms with van der Waals surface area (Å²) < 4.78 is 4.57. The molecular weight excluding hydrogens is 184 g/mol. The Morgan fingerprint density at radius 2 is 2.21 bits per heavy atom. The van der Waals surface area contributed by atoms with Crippen LogP contribution in [-0.2, 0) is 9.53 Å². The number of carbonyl (C=O) groups is 2. The predicted octanol–water partition coefficient (Wildman–Crippen LogP) is 0.339. The molecular formula is C9H16N2O3. The molecule has 0 saturated carbocycles. The fraction of sp³-hybridized carbons (Fsp3) is 0.778. The molecule has 80 valence electrons. The average Bonchev–Trinajstić information content (AvgIpc) is 2.48. The molecule has 1 fully saturated rings. The van der Waals surface area contributed by atoms with Gasteiger partial charge in [-0.25, -0.2) is 9.69 Å². The van der Waals surface area contributed by atoms with E-state index >= 15 is 0 Å². The number of nitrogens with two attached hydrogens (primary N) is 1. The van der Waals surface area contributed by atoms with Crippen LogP contribution in [0.25, 0.3) is 0 Å². The van der Waals surface area contributed by atoms with Crippen LogP contribution in [0.5, 0.6) is 0 Å². The second kappa shape index (κ2) is 4.41. The highest BCUT2D eigenvalue weighted by atomic mass is 16.6. The molecule has 0 radical (unpaired) electrons. The van der Waals surface area contributed by atoms with Gasteiger partial charge in [0, 0.05) is 12.6 Å². The van der Waals surface area contributed by atoms with Crippen LogP contribution in [-0.4, -0.2) is 36.1 Å². The van der Waals surface area contributed by atoms with Crippen molar-refractivity contribution in [1.82, 2.24) is 4.90 Å². The van der Waals surface area contributed by atoms with Gasteiger partial charge in [0.05, 0.1) is 0 Å². The Hall–Kier alpha value is -1.10. The molecule has 0 spiro atoms. The molecule has 0 bridgehead atoms. The fourth-order valence-electron chi connectivity index (χ4n) is 1.25. The Morgan fingerprint density at radius 3 is 2.64 bits per heavy atom. The van der Waals surface area contributed by atoms with E-state index in [4.69, 9.17) is 5.73 Å². The number of hydrogen-bond donors (Lipinski definition) is 1. The molecule has 5 heteroatoms. The van der Waals surface area contributed by atoms with Crippen LogP contribution in [0.3, 0.4) is 0 Å². The SMILES string of the molecule is CC[C@H](C)[C@H](N)CN1C(=O)COC1=O. The molecule has 2 amide bonds. The summed E-state index contributed by atoms with van der Waals surface area (Å²) in [6.45, 7) is 4.13. The molecule has 5 nitrogen and oxygen atoms in total. The first-order valence-electron chi connectivity index (χ1n) is 4.79. The summed E-state index contributed by atoms with van der Waals surface area (Å²) in [5, 5.41) is 0. The lowest BCUT2D eigenvalue weighted by Gasteiger charge is -2.21. The van der Waals surface area contributed by atoms with Gasteiger partial charge in [0.1, 0.15) is 0 Å². The molecule has 1 aliphatic rings. The largest absolute Gasteiger partial charge is 0.439 e. The van der Waals surface area contributed by atoms with Crippen molar-refractivity contribution >= 4 is 12.0 Å². The molecule has 2 atom stereocenters. The van der Waals surface area contributed by atoms with Gasteiger partial charge in [-0.05, 0) is 5.92 Å². The van der Waals surface area contributed by atoms with E-state index in [1.165, 1.54) is 0 Å². The highest BCUT2D eigenvalue weighted by Crippen LogP contribution is 2.11. The quantitative estimate of drug-likeness (QED) is 0.710. The first kappa shape index (κ1) is 11.0. The smallest absolute Gasteiger partial charge is 0.417 e. The minimum Gasteiger partial charge on any atom is -0.439 e. The van der Waals surface area contributed by atoms with E-state index in [-0.39, 0.29) is 31.0 Å². The van der Waals surface area contributed by atoms with Gasteiger partial charge in [-0.3, -0.25) is 4.79 Å². The fourth-order valence-corrected chi connectivity index (χ4v) is 1.25. The van der Waals surface area contributed by atoms with Crippen LogP contribution in [0, 0.1) is 5.92 Å². The van der Waals surface area contributed by atoms with Crippen LogP contribution in [0.1, 0.15) is 20.3 Å². The number of ether oxygens (including phenoxy) is 1. The number of cyclic esters (lactones) is 1. The average molecular weight is 200 g/mol. The topological polar surface area (TPSA) is 72.6 Å². The van der Waals surface area contributed by atoms with Crippen molar-refractivity contribution in [2.75, 3.05) is 13.2 Å². The Balaban J connectivity index is 2.50. The highest BCUT2D eigenvalue weighted by Gasteiger charge is 2.32. The summed E-state index contributed by atoms with van der Waals surface area (Å²) in [4.78, 5) is 23.3. The summed E-state index contributed by atoms with van der Waals surface area (Å²) in [6, 6.07) is -0.172. The first-order valence-corrected chi connectivity index (χ1v) is 4.79. The van der Waals surface area contributed by atoms with Crippen molar-refractivity contribution in [2.24, 2.45) is 11.7 Å². The van der Waals surface area contributed by atoms with Gasteiger partial charge >= 0.3 is 6.09 Å². The van der Waals surface area contributed by atoms with Gasteiger partial charge in [-0.15, -0.1) is 0 Å². The molecule has 2 N–H and O–H groups in total. The van der Waals surface area contributed by atoms with Crippen LogP contribution in [0.15, 0.2) is 0 Å². The minimum absolute atomic E-state index is 0.147. The van der Waals surface area contributed by atoms with Crippen LogP contribution >= 0.6 is 0 Å². The summed E-state index contributed by atoms with van der Waals surface area (Å²) in [5.74, 6) is -0.00930. The monoisotopic (exact) mass is 200 g/mol. The summed E-state index contributed by atoms with van der Waals surface area (Å²) in [7, 11) is 0. The highest BCUT2D eigenvalue weighted by molar-refractivity contribution is 5.97. The van der Waals surface area contributed by atoms with Gasteiger partial charge in [-0.2, -0.15) is 0 Å². The minimum atomic E-state index is -0.575. The van der Waals surface area contributed by atoms with Crippen molar-refractivity contribution in [2.45, 2.75) is 26.3 Å². The lowest BCUT2D eigenvalue weighted by Crippen LogP contribution is -2.43. The molecule has 0 unspecified atom stereocenters. The Morgan fingerprint density at radius 1 is 1.57 bits per heavy atom. The van der Waals surface area contributed by atoms with E-state index in [0.717, 1.165) is 11.3 Å². The van der Waals surface area contributed by atoms with Crippen molar-refractivity contribution in [3.05, 3.63) is 0 Å². The Kier molecular flexibility index (Phi) is 3.46. The number of imide groups is 1. The van der Waals surface area contributed by atoms with Crippen molar-refractivity contribution < 1.29 is 14.3 Å². The van der Waals surface area contributed by atoms with Crippen LogP contribution in [0.4, 0.5) is 4.79 Å². The number of nitrogens with zero attached hydrogens (tertiary/aromatic N) is 1. The maximum absolute atomic E-state index is 11.2. The molecule has 1 heterocycles. The van der Waals surface area contributed by atoms with Gasteiger partial charge in [0.25, 0.3) is 5.91 Å². The molecule has 0 aliphatic carbocycles. The van der Waals surface area contributed by atoms with E-state index in [2.05, 4.69) is 4.74 Å². The van der Waals surface area contributed by atoms with Gasteiger partial charge in [-0.1, -0.05) is 20.3 Å². The van der Waals surface area contributed by atoms with Gasteiger partial charge in [0.15, 0.2) is 6.61 Å². The lowest BCUT2D eigenvalue weighted by molar-refractivity contribution is -0.126. The molecule has 1 saturated heterocycles. The van der Waals surface area contributed by atoms with E-state index in [1.54, 1.807) is 0 Å². The number of hydrogen-bond acceptors (Lipinski definition) is 4. The molecule has 1 rings (SSSR count). The third-order valence-corrected chi connectivity index (χ3v) is 2.61. The van der Waals surface area contributed by atoms with Crippen molar-refractivity contribution in [3.8, 4) is 0 Å². The molecule has 0 aromatic carbocycles. The molecule has 14 heavy (non-hydrogen) atoms. The number of carbonyl (C=O) groups excluding carboxylic acids is 2. The summed E-state index contributed by atoms with van der Waals surface area (Å²) in [6.07, 6.45) is 0.354.